The van der Waals surface area contributed by atoms with E-state index in [4.69, 9.17) is 4.74 Å². The minimum absolute atomic E-state index is 0.262. The van der Waals surface area contributed by atoms with Crippen molar-refractivity contribution in [2.45, 2.75) is 45.1 Å². The third-order valence-corrected chi connectivity index (χ3v) is 3.78. The molecule has 1 saturated carbocycles. The SMILES string of the molecule is CCC1CCC(C(=O)NC2COC2)CC1. The monoisotopic (exact) mass is 211 g/mol. The highest BCUT2D eigenvalue weighted by Gasteiger charge is 2.28. The standard InChI is InChI=1S/C12H21NO2/c1-2-9-3-5-10(6-4-9)12(14)13-11-7-15-8-11/h9-11H,2-8H2,1H3,(H,13,14). The zero-order chi connectivity index (χ0) is 10.7. The van der Waals surface area contributed by atoms with Crippen molar-refractivity contribution in [2.24, 2.45) is 11.8 Å². The predicted octanol–water partition coefficient (Wildman–Crippen LogP) is 1.72. The van der Waals surface area contributed by atoms with Crippen LogP contribution in [0.1, 0.15) is 39.0 Å². The predicted molar refractivity (Wildman–Crippen MR) is 58.5 cm³/mol. The molecule has 1 aliphatic carbocycles. The first-order chi connectivity index (χ1) is 7.29. The summed E-state index contributed by atoms with van der Waals surface area (Å²) in [6, 6.07) is 0.293. The molecule has 0 aromatic carbocycles. The summed E-state index contributed by atoms with van der Waals surface area (Å²) in [7, 11) is 0. The van der Waals surface area contributed by atoms with Crippen molar-refractivity contribution < 1.29 is 9.53 Å². The third-order valence-electron chi connectivity index (χ3n) is 3.78. The van der Waals surface area contributed by atoms with Crippen LogP contribution in [0.15, 0.2) is 0 Å². The summed E-state index contributed by atoms with van der Waals surface area (Å²) in [6.07, 6.45) is 5.89. The highest BCUT2D eigenvalue weighted by molar-refractivity contribution is 5.79. The van der Waals surface area contributed by atoms with Gasteiger partial charge in [-0.3, -0.25) is 4.79 Å². The Morgan fingerprint density at radius 1 is 1.27 bits per heavy atom. The molecule has 3 nitrogen and oxygen atoms in total. The lowest BCUT2D eigenvalue weighted by molar-refractivity contribution is -0.130. The number of rotatable bonds is 3. The van der Waals surface area contributed by atoms with Gasteiger partial charge in [0.05, 0.1) is 19.3 Å². The van der Waals surface area contributed by atoms with E-state index in [0.717, 1.165) is 18.8 Å². The molecular weight excluding hydrogens is 190 g/mol. The normalized spacial score (nSPS) is 32.1. The fourth-order valence-electron chi connectivity index (χ4n) is 2.47. The van der Waals surface area contributed by atoms with Crippen LogP contribution >= 0.6 is 0 Å². The van der Waals surface area contributed by atoms with Crippen LogP contribution in [0.5, 0.6) is 0 Å². The molecule has 0 bridgehead atoms. The molecule has 0 aromatic heterocycles. The zero-order valence-corrected chi connectivity index (χ0v) is 9.50. The summed E-state index contributed by atoms with van der Waals surface area (Å²) in [5.41, 5.74) is 0. The molecule has 1 N–H and O–H groups in total. The average molecular weight is 211 g/mol. The van der Waals surface area contributed by atoms with E-state index < -0.39 is 0 Å². The highest BCUT2D eigenvalue weighted by Crippen LogP contribution is 2.30. The summed E-state index contributed by atoms with van der Waals surface area (Å²) in [4.78, 5) is 11.8. The van der Waals surface area contributed by atoms with Crippen LogP contribution in [0, 0.1) is 11.8 Å². The molecule has 2 fully saturated rings. The number of carbonyl (C=O) groups excluding carboxylic acids is 1. The molecule has 0 spiro atoms. The topological polar surface area (TPSA) is 38.3 Å². The third kappa shape index (κ3) is 2.71. The second kappa shape index (κ2) is 4.97. The molecule has 0 unspecified atom stereocenters. The molecule has 0 atom stereocenters. The van der Waals surface area contributed by atoms with Gasteiger partial charge in [0.1, 0.15) is 0 Å². The van der Waals surface area contributed by atoms with E-state index in [-0.39, 0.29) is 11.8 Å². The average Bonchev–Trinajstić information content (AvgIpc) is 2.23. The van der Waals surface area contributed by atoms with E-state index in [1.54, 1.807) is 0 Å². The van der Waals surface area contributed by atoms with E-state index in [1.165, 1.54) is 19.3 Å². The van der Waals surface area contributed by atoms with Crippen LogP contribution in [0.3, 0.4) is 0 Å². The summed E-state index contributed by atoms with van der Waals surface area (Å²) >= 11 is 0. The van der Waals surface area contributed by atoms with Crippen molar-refractivity contribution >= 4 is 5.91 Å². The van der Waals surface area contributed by atoms with Gasteiger partial charge >= 0.3 is 0 Å². The Balaban J connectivity index is 1.71. The molecule has 1 aliphatic heterocycles. The lowest BCUT2D eigenvalue weighted by Gasteiger charge is -2.31. The summed E-state index contributed by atoms with van der Waals surface area (Å²) < 4.78 is 5.04. The first-order valence-corrected chi connectivity index (χ1v) is 6.17. The number of ether oxygens (including phenoxy) is 1. The second-order valence-corrected chi connectivity index (χ2v) is 4.87. The van der Waals surface area contributed by atoms with Crippen LogP contribution in [0.25, 0.3) is 0 Å². The van der Waals surface area contributed by atoms with Crippen molar-refractivity contribution in [3.05, 3.63) is 0 Å². The van der Waals surface area contributed by atoms with E-state index >= 15 is 0 Å². The van der Waals surface area contributed by atoms with Crippen LogP contribution in [0.4, 0.5) is 0 Å². The number of hydrogen-bond acceptors (Lipinski definition) is 2. The van der Waals surface area contributed by atoms with Gasteiger partial charge < -0.3 is 10.1 Å². The molecule has 86 valence electrons. The van der Waals surface area contributed by atoms with E-state index in [9.17, 15) is 4.79 Å². The van der Waals surface area contributed by atoms with E-state index in [0.29, 0.717) is 19.3 Å². The van der Waals surface area contributed by atoms with Crippen molar-refractivity contribution in [2.75, 3.05) is 13.2 Å². The molecule has 15 heavy (non-hydrogen) atoms. The molecule has 3 heteroatoms. The minimum Gasteiger partial charge on any atom is -0.377 e. The molecule has 0 aromatic rings. The Kier molecular flexibility index (Phi) is 3.62. The first-order valence-electron chi connectivity index (χ1n) is 6.17. The lowest BCUT2D eigenvalue weighted by Crippen LogP contribution is -2.50. The molecule has 1 amide bonds. The van der Waals surface area contributed by atoms with Gasteiger partial charge in [-0.05, 0) is 31.6 Å². The smallest absolute Gasteiger partial charge is 0.223 e. The maximum Gasteiger partial charge on any atom is 0.223 e. The van der Waals surface area contributed by atoms with Crippen molar-refractivity contribution in [1.29, 1.82) is 0 Å². The number of nitrogens with one attached hydrogen (secondary N) is 1. The Hall–Kier alpha value is -0.570. The van der Waals surface area contributed by atoms with E-state index in [1.807, 2.05) is 0 Å². The van der Waals surface area contributed by atoms with Gasteiger partial charge in [0.2, 0.25) is 5.91 Å². The molecule has 2 aliphatic rings. The van der Waals surface area contributed by atoms with Gasteiger partial charge in [-0.2, -0.15) is 0 Å². The quantitative estimate of drug-likeness (QED) is 0.772. The van der Waals surface area contributed by atoms with Crippen molar-refractivity contribution in [3.8, 4) is 0 Å². The van der Waals surface area contributed by atoms with Crippen molar-refractivity contribution in [3.63, 3.8) is 0 Å². The number of amides is 1. The van der Waals surface area contributed by atoms with Crippen LogP contribution in [-0.2, 0) is 9.53 Å². The maximum absolute atomic E-state index is 11.8. The van der Waals surface area contributed by atoms with Crippen LogP contribution < -0.4 is 5.32 Å². The van der Waals surface area contributed by atoms with Crippen molar-refractivity contribution in [1.82, 2.24) is 5.32 Å². The van der Waals surface area contributed by atoms with Gasteiger partial charge in [0.25, 0.3) is 0 Å². The number of hydrogen-bond donors (Lipinski definition) is 1. The van der Waals surface area contributed by atoms with Gasteiger partial charge in [-0.25, -0.2) is 0 Å². The second-order valence-electron chi connectivity index (χ2n) is 4.87. The molecule has 1 saturated heterocycles. The maximum atomic E-state index is 11.8. The largest absolute Gasteiger partial charge is 0.377 e. The summed E-state index contributed by atoms with van der Waals surface area (Å²) in [6.45, 7) is 3.66. The highest BCUT2D eigenvalue weighted by atomic mass is 16.5. The first kappa shape index (κ1) is 10.9. The molecular formula is C12H21NO2. The van der Waals surface area contributed by atoms with Gasteiger partial charge in [-0.1, -0.05) is 13.3 Å². The Morgan fingerprint density at radius 3 is 2.40 bits per heavy atom. The lowest BCUT2D eigenvalue weighted by atomic mass is 9.80. The van der Waals surface area contributed by atoms with Gasteiger partial charge in [0, 0.05) is 5.92 Å². The fourth-order valence-corrected chi connectivity index (χ4v) is 2.47. The molecule has 2 rings (SSSR count). The number of carbonyl (C=O) groups is 1. The molecule has 1 heterocycles. The van der Waals surface area contributed by atoms with E-state index in [2.05, 4.69) is 12.2 Å². The van der Waals surface area contributed by atoms with Gasteiger partial charge in [-0.15, -0.1) is 0 Å². The summed E-state index contributed by atoms with van der Waals surface area (Å²) in [5.74, 6) is 1.40. The summed E-state index contributed by atoms with van der Waals surface area (Å²) in [5, 5.41) is 3.05. The molecule has 0 radical (unpaired) electrons. The Morgan fingerprint density at radius 2 is 1.93 bits per heavy atom. The minimum atomic E-state index is 0.262. The van der Waals surface area contributed by atoms with Crippen LogP contribution in [-0.4, -0.2) is 25.2 Å². The Bertz CT molecular complexity index is 218. The fraction of sp³-hybridized carbons (Fsp3) is 0.917. The van der Waals surface area contributed by atoms with Gasteiger partial charge in [0.15, 0.2) is 0 Å². The van der Waals surface area contributed by atoms with Crippen LogP contribution in [0.2, 0.25) is 0 Å². The Labute approximate surface area is 91.6 Å². The zero-order valence-electron chi connectivity index (χ0n) is 9.50.